The van der Waals surface area contributed by atoms with Gasteiger partial charge in [-0.2, -0.15) is 0 Å². The molecular formula is C7H6Cl2INO. The van der Waals surface area contributed by atoms with Crippen molar-refractivity contribution < 1.29 is 5.11 Å². The van der Waals surface area contributed by atoms with Crippen LogP contribution < -0.4 is 3.53 Å². The first-order chi connectivity index (χ1) is 5.65. The lowest BCUT2D eigenvalue weighted by Gasteiger charge is -2.03. The van der Waals surface area contributed by atoms with Crippen LogP contribution in [0.15, 0.2) is 12.1 Å². The van der Waals surface area contributed by atoms with E-state index in [0.717, 1.165) is 5.56 Å². The molecule has 66 valence electrons. The molecule has 0 aromatic heterocycles. The normalized spacial score (nSPS) is 10.2. The predicted octanol–water partition coefficient (Wildman–Crippen LogP) is 3.14. The van der Waals surface area contributed by atoms with Crippen LogP contribution in [-0.4, -0.2) is 5.11 Å². The van der Waals surface area contributed by atoms with E-state index in [-0.39, 0.29) is 15.8 Å². The van der Waals surface area contributed by atoms with E-state index in [1.165, 1.54) is 0 Å². The maximum absolute atomic E-state index is 9.21. The zero-order valence-corrected chi connectivity index (χ0v) is 9.61. The second kappa shape index (κ2) is 4.50. The molecule has 1 aromatic carbocycles. The number of nitrogens with one attached hydrogen (secondary N) is 1. The second-order valence-corrected chi connectivity index (χ2v) is 3.80. The summed E-state index contributed by atoms with van der Waals surface area (Å²) in [5, 5.41) is 9.78. The van der Waals surface area contributed by atoms with Crippen LogP contribution in [0.2, 0.25) is 10.0 Å². The first kappa shape index (κ1) is 10.4. The molecule has 0 unspecified atom stereocenters. The van der Waals surface area contributed by atoms with Crippen LogP contribution in [0.3, 0.4) is 0 Å². The second-order valence-electron chi connectivity index (χ2n) is 2.22. The molecule has 0 aliphatic rings. The van der Waals surface area contributed by atoms with Crippen molar-refractivity contribution in [3.63, 3.8) is 0 Å². The van der Waals surface area contributed by atoms with Crippen LogP contribution in [0.1, 0.15) is 5.56 Å². The third-order valence-corrected chi connectivity index (χ3v) is 2.31. The molecule has 0 spiro atoms. The zero-order chi connectivity index (χ0) is 9.14. The largest absolute Gasteiger partial charge is 0.505 e. The fraction of sp³-hybridized carbons (Fsp3) is 0.143. The van der Waals surface area contributed by atoms with Crippen LogP contribution in [-0.2, 0) is 6.54 Å². The highest BCUT2D eigenvalue weighted by molar-refractivity contribution is 14.1. The smallest absolute Gasteiger partial charge is 0.152 e. The maximum Gasteiger partial charge on any atom is 0.152 e. The zero-order valence-electron chi connectivity index (χ0n) is 5.94. The van der Waals surface area contributed by atoms with E-state index in [0.29, 0.717) is 6.54 Å². The van der Waals surface area contributed by atoms with Crippen molar-refractivity contribution in [1.82, 2.24) is 3.53 Å². The fourth-order valence-corrected chi connectivity index (χ4v) is 1.77. The Hall–Kier alpha value is 0.290. The van der Waals surface area contributed by atoms with Crippen molar-refractivity contribution in [2.75, 3.05) is 0 Å². The average Bonchev–Trinajstić information content (AvgIpc) is 2.01. The minimum Gasteiger partial charge on any atom is -0.505 e. The number of rotatable bonds is 2. The number of hydrogen-bond acceptors (Lipinski definition) is 2. The summed E-state index contributed by atoms with van der Waals surface area (Å²) in [5.41, 5.74) is 0.942. The molecule has 0 aliphatic heterocycles. The Labute approximate surface area is 94.4 Å². The van der Waals surface area contributed by atoms with E-state index < -0.39 is 0 Å². The summed E-state index contributed by atoms with van der Waals surface area (Å²) in [6.45, 7) is 0.667. The Morgan fingerprint density at radius 3 is 2.25 bits per heavy atom. The standard InChI is InChI=1S/C7H6Cl2INO/c8-5-1-4(3-11-10)2-6(9)7(5)12/h1-2,11-12H,3H2. The molecule has 1 rings (SSSR count). The molecule has 0 heterocycles. The lowest BCUT2D eigenvalue weighted by molar-refractivity contribution is 0.475. The number of hydrogen-bond donors (Lipinski definition) is 2. The van der Waals surface area contributed by atoms with Crippen LogP contribution in [0, 0.1) is 0 Å². The summed E-state index contributed by atoms with van der Waals surface area (Å²) in [4.78, 5) is 0. The molecule has 1 aromatic rings. The SMILES string of the molecule is Oc1c(Cl)cc(CNI)cc1Cl. The lowest BCUT2D eigenvalue weighted by atomic mass is 10.2. The Kier molecular flexibility index (Phi) is 3.89. The highest BCUT2D eigenvalue weighted by Gasteiger charge is 2.05. The van der Waals surface area contributed by atoms with Crippen molar-refractivity contribution in [3.05, 3.63) is 27.7 Å². The van der Waals surface area contributed by atoms with E-state index in [2.05, 4.69) is 3.53 Å². The molecule has 0 saturated heterocycles. The summed E-state index contributed by atoms with van der Waals surface area (Å²) < 4.78 is 2.93. The first-order valence-corrected chi connectivity index (χ1v) is 4.99. The predicted molar refractivity (Wildman–Crippen MR) is 59.0 cm³/mol. The van der Waals surface area contributed by atoms with Gasteiger partial charge in [0.1, 0.15) is 0 Å². The van der Waals surface area contributed by atoms with E-state index >= 15 is 0 Å². The molecule has 2 N–H and O–H groups in total. The third-order valence-electron chi connectivity index (χ3n) is 1.35. The summed E-state index contributed by atoms with van der Waals surface area (Å²) in [6, 6.07) is 3.35. The van der Waals surface area contributed by atoms with Crippen molar-refractivity contribution in [2.24, 2.45) is 0 Å². The molecule has 0 bridgehead atoms. The van der Waals surface area contributed by atoms with E-state index in [1.54, 1.807) is 12.1 Å². The van der Waals surface area contributed by atoms with E-state index in [9.17, 15) is 5.11 Å². The van der Waals surface area contributed by atoms with Crippen molar-refractivity contribution in [2.45, 2.75) is 6.54 Å². The van der Waals surface area contributed by atoms with Gasteiger partial charge < -0.3 is 5.11 Å². The molecule has 0 aliphatic carbocycles. The van der Waals surface area contributed by atoms with E-state index in [1.807, 2.05) is 22.9 Å². The van der Waals surface area contributed by atoms with Crippen LogP contribution >= 0.6 is 46.1 Å². The molecule has 2 nitrogen and oxygen atoms in total. The Bertz CT molecular complexity index is 270. The molecule has 12 heavy (non-hydrogen) atoms. The molecule has 0 fully saturated rings. The molecule has 5 heteroatoms. The van der Waals surface area contributed by atoms with Gasteiger partial charge in [0.25, 0.3) is 0 Å². The van der Waals surface area contributed by atoms with Gasteiger partial charge in [0, 0.05) is 29.4 Å². The molecular weight excluding hydrogens is 312 g/mol. The Morgan fingerprint density at radius 1 is 1.33 bits per heavy atom. The van der Waals surface area contributed by atoms with Crippen LogP contribution in [0.25, 0.3) is 0 Å². The van der Waals surface area contributed by atoms with Crippen LogP contribution in [0.4, 0.5) is 0 Å². The number of aromatic hydroxyl groups is 1. The van der Waals surface area contributed by atoms with Gasteiger partial charge in [-0.15, -0.1) is 0 Å². The van der Waals surface area contributed by atoms with Crippen LogP contribution in [0.5, 0.6) is 5.75 Å². The maximum atomic E-state index is 9.21. The topological polar surface area (TPSA) is 32.3 Å². The van der Waals surface area contributed by atoms with Gasteiger partial charge in [0.05, 0.1) is 10.0 Å². The number of phenols is 1. The Balaban J connectivity index is 3.04. The van der Waals surface area contributed by atoms with Gasteiger partial charge in [-0.1, -0.05) is 23.2 Å². The number of benzene rings is 1. The van der Waals surface area contributed by atoms with Gasteiger partial charge in [-0.25, -0.2) is 0 Å². The summed E-state index contributed by atoms with van der Waals surface area (Å²) >= 11 is 13.4. The van der Waals surface area contributed by atoms with Crippen molar-refractivity contribution >= 4 is 46.1 Å². The number of halogens is 3. The molecule has 0 saturated carbocycles. The van der Waals surface area contributed by atoms with Gasteiger partial charge >= 0.3 is 0 Å². The van der Waals surface area contributed by atoms with Gasteiger partial charge in [0.15, 0.2) is 5.75 Å². The first-order valence-electron chi connectivity index (χ1n) is 3.15. The monoisotopic (exact) mass is 317 g/mol. The van der Waals surface area contributed by atoms with Gasteiger partial charge in [-0.3, -0.25) is 3.53 Å². The van der Waals surface area contributed by atoms with Crippen molar-refractivity contribution in [1.29, 1.82) is 0 Å². The number of phenolic OH excluding ortho intramolecular Hbond substituents is 1. The third kappa shape index (κ3) is 2.39. The minimum absolute atomic E-state index is 0.0597. The highest BCUT2D eigenvalue weighted by atomic mass is 127. The summed E-state index contributed by atoms with van der Waals surface area (Å²) in [7, 11) is 0. The van der Waals surface area contributed by atoms with E-state index in [4.69, 9.17) is 23.2 Å². The average molecular weight is 318 g/mol. The fourth-order valence-electron chi connectivity index (χ4n) is 0.797. The van der Waals surface area contributed by atoms with Gasteiger partial charge in [0.2, 0.25) is 0 Å². The van der Waals surface area contributed by atoms with Crippen molar-refractivity contribution in [3.8, 4) is 5.75 Å². The highest BCUT2D eigenvalue weighted by Crippen LogP contribution is 2.32. The summed E-state index contributed by atoms with van der Waals surface area (Å²) in [5.74, 6) is -0.0597. The lowest BCUT2D eigenvalue weighted by Crippen LogP contribution is -1.96. The molecule has 0 radical (unpaired) electrons. The van der Waals surface area contributed by atoms with Gasteiger partial charge in [-0.05, 0) is 17.7 Å². The molecule has 0 atom stereocenters. The summed E-state index contributed by atoms with van der Waals surface area (Å²) in [6.07, 6.45) is 0. The minimum atomic E-state index is -0.0597. The quantitative estimate of drug-likeness (QED) is 0.649. The Morgan fingerprint density at radius 2 is 1.83 bits per heavy atom. The molecule has 0 amide bonds.